The van der Waals surface area contributed by atoms with E-state index < -0.39 is 0 Å². The summed E-state index contributed by atoms with van der Waals surface area (Å²) in [4.78, 5) is 0. The molecule has 1 aromatic heterocycles. The van der Waals surface area contributed by atoms with Crippen molar-refractivity contribution in [1.82, 2.24) is 4.57 Å². The molecule has 19 heavy (non-hydrogen) atoms. The second-order valence-corrected chi connectivity index (χ2v) is 5.62. The van der Waals surface area contributed by atoms with E-state index in [0.29, 0.717) is 12.5 Å². The Kier molecular flexibility index (Phi) is 3.19. The number of aromatic nitrogens is 1. The lowest BCUT2D eigenvalue weighted by molar-refractivity contribution is 0.417. The van der Waals surface area contributed by atoms with Crippen LogP contribution < -0.4 is 10.5 Å². The molecule has 3 rings (SSSR count). The van der Waals surface area contributed by atoms with Crippen LogP contribution in [0.3, 0.4) is 0 Å². The van der Waals surface area contributed by atoms with Gasteiger partial charge in [0.1, 0.15) is 5.75 Å². The predicted octanol–water partition coefficient (Wildman–Crippen LogP) is 3.22. The number of hydrogen-bond donors (Lipinski definition) is 1. The van der Waals surface area contributed by atoms with Crippen LogP contribution >= 0.6 is 11.6 Å². The van der Waals surface area contributed by atoms with E-state index in [2.05, 4.69) is 11.6 Å². The van der Waals surface area contributed by atoms with Gasteiger partial charge in [0.2, 0.25) is 0 Å². The van der Waals surface area contributed by atoms with Gasteiger partial charge >= 0.3 is 0 Å². The molecule has 0 saturated carbocycles. The van der Waals surface area contributed by atoms with Gasteiger partial charge in [-0.15, -0.1) is 0 Å². The second-order valence-electron chi connectivity index (χ2n) is 5.22. The van der Waals surface area contributed by atoms with E-state index in [1.54, 1.807) is 7.11 Å². The lowest BCUT2D eigenvalue weighted by atomic mass is 9.85. The molecule has 1 aromatic carbocycles. The minimum Gasteiger partial charge on any atom is -0.495 e. The number of benzene rings is 1. The van der Waals surface area contributed by atoms with E-state index in [4.69, 9.17) is 22.1 Å². The third-order valence-corrected chi connectivity index (χ3v) is 4.60. The van der Waals surface area contributed by atoms with Crippen LogP contribution in [-0.4, -0.2) is 18.2 Å². The summed E-state index contributed by atoms with van der Waals surface area (Å²) in [6, 6.07) is 3.86. The first-order chi connectivity index (χ1) is 9.19. The summed E-state index contributed by atoms with van der Waals surface area (Å²) < 4.78 is 7.73. The van der Waals surface area contributed by atoms with Crippen molar-refractivity contribution in [3.05, 3.63) is 28.4 Å². The van der Waals surface area contributed by atoms with E-state index in [9.17, 15) is 0 Å². The highest BCUT2D eigenvalue weighted by atomic mass is 35.5. The van der Waals surface area contributed by atoms with Crippen molar-refractivity contribution in [2.24, 2.45) is 12.8 Å². The van der Waals surface area contributed by atoms with Gasteiger partial charge in [0, 0.05) is 18.1 Å². The van der Waals surface area contributed by atoms with Gasteiger partial charge in [-0.25, -0.2) is 0 Å². The van der Waals surface area contributed by atoms with Crippen LogP contribution in [0.25, 0.3) is 10.9 Å². The third kappa shape index (κ3) is 1.76. The second kappa shape index (κ2) is 4.73. The third-order valence-electron chi connectivity index (χ3n) is 4.29. The Bertz CT molecular complexity index is 633. The average molecular weight is 279 g/mol. The van der Waals surface area contributed by atoms with Gasteiger partial charge in [0.25, 0.3) is 0 Å². The van der Waals surface area contributed by atoms with Gasteiger partial charge < -0.3 is 15.0 Å². The summed E-state index contributed by atoms with van der Waals surface area (Å²) in [5.41, 5.74) is 9.76. The fourth-order valence-electron chi connectivity index (χ4n) is 3.40. The number of methoxy groups -OCH3 is 1. The van der Waals surface area contributed by atoms with E-state index >= 15 is 0 Å². The average Bonchev–Trinajstić information content (AvgIpc) is 2.75. The van der Waals surface area contributed by atoms with Crippen LogP contribution in [0.2, 0.25) is 5.02 Å². The summed E-state index contributed by atoms with van der Waals surface area (Å²) in [6.45, 7) is 0.680. The first-order valence-electron chi connectivity index (χ1n) is 6.72. The van der Waals surface area contributed by atoms with Gasteiger partial charge in [-0.1, -0.05) is 11.6 Å². The summed E-state index contributed by atoms with van der Waals surface area (Å²) in [5.74, 6) is 1.30. The Morgan fingerprint density at radius 2 is 2.26 bits per heavy atom. The Morgan fingerprint density at radius 3 is 2.95 bits per heavy atom. The zero-order valence-corrected chi connectivity index (χ0v) is 12.1. The zero-order valence-electron chi connectivity index (χ0n) is 11.4. The highest BCUT2D eigenvalue weighted by Crippen LogP contribution is 2.43. The molecule has 2 N–H and O–H groups in total. The number of hydrogen-bond acceptors (Lipinski definition) is 2. The smallest absolute Gasteiger partial charge is 0.143 e. The number of rotatable bonds is 2. The van der Waals surface area contributed by atoms with Crippen molar-refractivity contribution in [2.45, 2.75) is 25.2 Å². The molecule has 1 aliphatic carbocycles. The molecule has 4 heteroatoms. The number of fused-ring (bicyclic) bond motifs is 3. The van der Waals surface area contributed by atoms with Gasteiger partial charge in [-0.2, -0.15) is 0 Å². The lowest BCUT2D eigenvalue weighted by Gasteiger charge is -2.22. The van der Waals surface area contributed by atoms with Crippen LogP contribution in [-0.2, 0) is 13.5 Å². The molecule has 0 aliphatic heterocycles. The molecule has 0 spiro atoms. The molecule has 2 aromatic rings. The number of nitrogens with two attached hydrogens (primary N) is 1. The van der Waals surface area contributed by atoms with Crippen molar-refractivity contribution in [3.63, 3.8) is 0 Å². The monoisotopic (exact) mass is 278 g/mol. The zero-order chi connectivity index (χ0) is 13.6. The SMILES string of the molecule is COc1ccc(Cl)c2c3c(n(C)c12)CCCC3CN. The van der Waals surface area contributed by atoms with Crippen LogP contribution in [0.4, 0.5) is 0 Å². The molecule has 0 saturated heterocycles. The van der Waals surface area contributed by atoms with E-state index in [1.165, 1.54) is 17.7 Å². The van der Waals surface area contributed by atoms with Crippen LogP contribution in [0.1, 0.15) is 30.0 Å². The molecular weight excluding hydrogens is 260 g/mol. The first-order valence-corrected chi connectivity index (χ1v) is 7.10. The molecule has 1 heterocycles. The van der Waals surface area contributed by atoms with Crippen molar-refractivity contribution >= 4 is 22.5 Å². The van der Waals surface area contributed by atoms with Crippen molar-refractivity contribution in [1.29, 1.82) is 0 Å². The van der Waals surface area contributed by atoms with E-state index in [1.807, 2.05) is 12.1 Å². The minimum atomic E-state index is 0.414. The minimum absolute atomic E-state index is 0.414. The molecule has 3 nitrogen and oxygen atoms in total. The number of nitrogens with zero attached hydrogens (tertiary/aromatic N) is 1. The molecular formula is C15H19ClN2O. The molecule has 102 valence electrons. The van der Waals surface area contributed by atoms with Gasteiger partial charge in [0.05, 0.1) is 17.6 Å². The Balaban J connectivity index is 2.42. The highest BCUT2D eigenvalue weighted by Gasteiger charge is 2.28. The molecule has 1 aliphatic rings. The molecule has 0 amide bonds. The van der Waals surface area contributed by atoms with E-state index in [-0.39, 0.29) is 0 Å². The first kappa shape index (κ1) is 12.8. The summed E-state index contributed by atoms with van der Waals surface area (Å²) in [7, 11) is 3.80. The lowest BCUT2D eigenvalue weighted by Crippen LogP contribution is -2.18. The maximum absolute atomic E-state index is 6.45. The van der Waals surface area contributed by atoms with Gasteiger partial charge in [-0.05, 0) is 49.4 Å². The molecule has 1 atom stereocenters. The predicted molar refractivity (Wildman–Crippen MR) is 79.2 cm³/mol. The standard InChI is InChI=1S/C15H19ClN2O/c1-18-11-5-3-4-9(8-17)13(11)14-10(16)6-7-12(19-2)15(14)18/h6-7,9H,3-5,8,17H2,1-2H3. The topological polar surface area (TPSA) is 40.2 Å². The Hall–Kier alpha value is -1.19. The summed E-state index contributed by atoms with van der Waals surface area (Å²) in [6.07, 6.45) is 3.44. The number of aryl methyl sites for hydroxylation is 1. The van der Waals surface area contributed by atoms with Crippen LogP contribution in [0.15, 0.2) is 12.1 Å². The quantitative estimate of drug-likeness (QED) is 0.916. The molecule has 0 radical (unpaired) electrons. The normalized spacial score (nSPS) is 18.6. The maximum Gasteiger partial charge on any atom is 0.143 e. The Morgan fingerprint density at radius 1 is 1.47 bits per heavy atom. The van der Waals surface area contributed by atoms with E-state index in [0.717, 1.165) is 34.5 Å². The molecule has 0 bridgehead atoms. The van der Waals surface area contributed by atoms with Crippen LogP contribution in [0.5, 0.6) is 5.75 Å². The Labute approximate surface area is 118 Å². The molecule has 1 unspecified atom stereocenters. The fraction of sp³-hybridized carbons (Fsp3) is 0.467. The largest absolute Gasteiger partial charge is 0.495 e. The fourth-order valence-corrected chi connectivity index (χ4v) is 3.65. The summed E-state index contributed by atoms with van der Waals surface area (Å²) >= 11 is 6.45. The van der Waals surface area contributed by atoms with Crippen molar-refractivity contribution < 1.29 is 4.74 Å². The van der Waals surface area contributed by atoms with Gasteiger partial charge in [-0.3, -0.25) is 0 Å². The number of ether oxygens (including phenoxy) is 1. The maximum atomic E-state index is 6.45. The van der Waals surface area contributed by atoms with Crippen molar-refractivity contribution in [2.75, 3.05) is 13.7 Å². The highest BCUT2D eigenvalue weighted by molar-refractivity contribution is 6.36. The van der Waals surface area contributed by atoms with Crippen molar-refractivity contribution in [3.8, 4) is 5.75 Å². The van der Waals surface area contributed by atoms with Crippen LogP contribution in [0, 0.1) is 0 Å². The molecule has 0 fully saturated rings. The number of halogens is 1. The van der Waals surface area contributed by atoms with Gasteiger partial charge in [0.15, 0.2) is 0 Å². The summed E-state index contributed by atoms with van der Waals surface area (Å²) in [5, 5.41) is 1.93.